The van der Waals surface area contributed by atoms with E-state index in [1.165, 1.54) is 19.1 Å². The molecule has 0 aromatic heterocycles. The third kappa shape index (κ3) is 3.02. The van der Waals surface area contributed by atoms with Gasteiger partial charge in [0.05, 0.1) is 12.5 Å². The first kappa shape index (κ1) is 25.3. The highest BCUT2D eigenvalue weighted by molar-refractivity contribution is 5.96. The van der Waals surface area contributed by atoms with E-state index in [1.54, 1.807) is 0 Å². The number of ketones is 1. The van der Waals surface area contributed by atoms with E-state index in [-0.39, 0.29) is 50.7 Å². The molecule has 0 aliphatic heterocycles. The zero-order valence-electron chi connectivity index (χ0n) is 23.7. The van der Waals surface area contributed by atoms with Crippen LogP contribution in [0.1, 0.15) is 100 Å². The standard InChI is InChI=1S/C32H48O3/c1-20-10-12-29(6)23(28(20,4)5)11-13-30(7)24(29)18-22(33)25-21-19-27(2,3)14-16-32(21,26(34)35-9)17-15-31(25,30)8/h10,12,18,20-21,23,25H,11,13-17,19H2,1-9H3/t20-,21-,23-,25-,29-,30+,31+,32-/m0/s1. The highest BCUT2D eigenvalue weighted by atomic mass is 16.5. The highest BCUT2D eigenvalue weighted by Gasteiger charge is 2.70. The SMILES string of the molecule is COC(=O)[C@]12CCC(C)(C)C[C@H]1[C@H]1C(=O)C=C3[C@@]4(C)C=C[C@H](C)C(C)(C)[C@@H]4CC[C@@]3(C)[C@]1(C)CC2. The summed E-state index contributed by atoms with van der Waals surface area (Å²) in [6.07, 6.45) is 13.8. The minimum Gasteiger partial charge on any atom is -0.469 e. The molecule has 0 aromatic rings. The third-order valence-electron chi connectivity index (χ3n) is 13.0. The van der Waals surface area contributed by atoms with Gasteiger partial charge in [0.25, 0.3) is 0 Å². The Bertz CT molecular complexity index is 1020. The van der Waals surface area contributed by atoms with Crippen molar-refractivity contribution in [3.8, 4) is 0 Å². The molecule has 0 N–H and O–H groups in total. The summed E-state index contributed by atoms with van der Waals surface area (Å²) in [7, 11) is 1.53. The molecule has 0 amide bonds. The van der Waals surface area contributed by atoms with Crippen LogP contribution in [0.4, 0.5) is 0 Å². The molecule has 0 saturated heterocycles. The third-order valence-corrected chi connectivity index (χ3v) is 13.0. The van der Waals surface area contributed by atoms with Gasteiger partial charge in [-0.15, -0.1) is 0 Å². The normalized spacial score (nSPS) is 49.6. The maximum atomic E-state index is 14.3. The Morgan fingerprint density at radius 1 is 0.971 bits per heavy atom. The molecule has 3 nitrogen and oxygen atoms in total. The Morgan fingerprint density at radius 3 is 2.29 bits per heavy atom. The van der Waals surface area contributed by atoms with E-state index >= 15 is 0 Å². The molecule has 5 aliphatic rings. The van der Waals surface area contributed by atoms with E-state index in [0.717, 1.165) is 38.5 Å². The topological polar surface area (TPSA) is 43.4 Å². The average molecular weight is 481 g/mol. The number of hydrogen-bond acceptors (Lipinski definition) is 3. The fraction of sp³-hybridized carbons (Fsp3) is 0.812. The maximum absolute atomic E-state index is 14.3. The molecule has 0 radical (unpaired) electrons. The molecule has 0 spiro atoms. The summed E-state index contributed by atoms with van der Waals surface area (Å²) in [5, 5.41) is 0. The molecule has 0 unspecified atom stereocenters. The lowest BCUT2D eigenvalue weighted by Gasteiger charge is -2.69. The molecule has 35 heavy (non-hydrogen) atoms. The number of esters is 1. The van der Waals surface area contributed by atoms with Crippen molar-refractivity contribution in [1.82, 2.24) is 0 Å². The number of carbonyl (C=O) groups excluding carboxylic acids is 2. The maximum Gasteiger partial charge on any atom is 0.312 e. The number of allylic oxidation sites excluding steroid dienone is 4. The summed E-state index contributed by atoms with van der Waals surface area (Å²) >= 11 is 0. The summed E-state index contributed by atoms with van der Waals surface area (Å²) in [4.78, 5) is 27.7. The zero-order chi connectivity index (χ0) is 25.8. The second-order valence-electron chi connectivity index (χ2n) is 15.2. The average Bonchev–Trinajstić information content (AvgIpc) is 2.77. The monoisotopic (exact) mass is 480 g/mol. The van der Waals surface area contributed by atoms with Gasteiger partial charge in [0.2, 0.25) is 0 Å². The smallest absolute Gasteiger partial charge is 0.312 e. The van der Waals surface area contributed by atoms with Gasteiger partial charge in [-0.05, 0) is 90.4 Å². The predicted molar refractivity (Wildman–Crippen MR) is 141 cm³/mol. The highest BCUT2D eigenvalue weighted by Crippen LogP contribution is 2.74. The van der Waals surface area contributed by atoms with Crippen LogP contribution in [-0.2, 0) is 14.3 Å². The van der Waals surface area contributed by atoms with Gasteiger partial charge >= 0.3 is 5.97 Å². The molecule has 194 valence electrons. The number of carbonyl (C=O) groups is 2. The van der Waals surface area contributed by atoms with Crippen molar-refractivity contribution >= 4 is 11.8 Å². The number of methoxy groups -OCH3 is 1. The van der Waals surface area contributed by atoms with E-state index in [4.69, 9.17) is 4.74 Å². The van der Waals surface area contributed by atoms with Gasteiger partial charge in [0, 0.05) is 11.3 Å². The predicted octanol–water partition coefficient (Wildman–Crippen LogP) is 7.55. The lowest BCUT2D eigenvalue weighted by atomic mass is 9.34. The van der Waals surface area contributed by atoms with Crippen LogP contribution in [0.3, 0.4) is 0 Å². The molecule has 3 fully saturated rings. The Labute approximate surface area is 213 Å². The van der Waals surface area contributed by atoms with Gasteiger partial charge in [-0.1, -0.05) is 73.1 Å². The van der Waals surface area contributed by atoms with E-state index in [0.29, 0.717) is 11.8 Å². The van der Waals surface area contributed by atoms with Crippen molar-refractivity contribution < 1.29 is 14.3 Å². The van der Waals surface area contributed by atoms with Crippen LogP contribution in [0.2, 0.25) is 0 Å². The first-order valence-electron chi connectivity index (χ1n) is 14.1. The Morgan fingerprint density at radius 2 is 1.63 bits per heavy atom. The van der Waals surface area contributed by atoms with Gasteiger partial charge in [-0.25, -0.2) is 0 Å². The van der Waals surface area contributed by atoms with E-state index < -0.39 is 5.41 Å². The summed E-state index contributed by atoms with van der Waals surface area (Å²) in [5.41, 5.74) is 0.945. The van der Waals surface area contributed by atoms with Gasteiger partial charge in [-0.3, -0.25) is 9.59 Å². The van der Waals surface area contributed by atoms with E-state index in [1.807, 2.05) is 0 Å². The molecule has 0 bridgehead atoms. The first-order valence-corrected chi connectivity index (χ1v) is 14.1. The first-order chi connectivity index (χ1) is 16.1. The molecule has 3 heteroatoms. The van der Waals surface area contributed by atoms with Crippen LogP contribution < -0.4 is 0 Å². The molecule has 0 heterocycles. The van der Waals surface area contributed by atoms with Gasteiger partial charge < -0.3 is 4.74 Å². The number of ether oxygens (including phenoxy) is 1. The molecular formula is C32H48O3. The fourth-order valence-electron chi connectivity index (χ4n) is 10.2. The van der Waals surface area contributed by atoms with Crippen LogP contribution in [0.5, 0.6) is 0 Å². The Kier molecular flexibility index (Phi) is 5.31. The molecule has 3 saturated carbocycles. The lowest BCUT2D eigenvalue weighted by Crippen LogP contribution is -2.65. The number of hydrogen-bond donors (Lipinski definition) is 0. The van der Waals surface area contributed by atoms with Gasteiger partial charge in [0.1, 0.15) is 0 Å². The molecule has 0 aromatic carbocycles. The van der Waals surface area contributed by atoms with E-state index in [9.17, 15) is 9.59 Å². The molecule has 5 aliphatic carbocycles. The van der Waals surface area contributed by atoms with Crippen LogP contribution in [0.15, 0.2) is 23.8 Å². The van der Waals surface area contributed by atoms with Crippen molar-refractivity contribution in [3.05, 3.63) is 23.8 Å². The lowest BCUT2D eigenvalue weighted by molar-refractivity contribution is -0.191. The van der Waals surface area contributed by atoms with Crippen LogP contribution in [0.25, 0.3) is 0 Å². The van der Waals surface area contributed by atoms with E-state index in [2.05, 4.69) is 73.6 Å². The summed E-state index contributed by atoms with van der Waals surface area (Å²) < 4.78 is 5.44. The van der Waals surface area contributed by atoms with Crippen molar-refractivity contribution in [3.63, 3.8) is 0 Å². The fourth-order valence-corrected chi connectivity index (χ4v) is 10.2. The molecule has 5 rings (SSSR count). The largest absolute Gasteiger partial charge is 0.469 e. The number of fused-ring (bicyclic) bond motifs is 7. The summed E-state index contributed by atoms with van der Waals surface area (Å²) in [5.74, 6) is 1.23. The van der Waals surface area contributed by atoms with Gasteiger partial charge in [0.15, 0.2) is 5.78 Å². The van der Waals surface area contributed by atoms with Crippen molar-refractivity contribution in [2.24, 2.45) is 56.2 Å². The minimum absolute atomic E-state index is 0.0400. The second-order valence-corrected chi connectivity index (χ2v) is 15.2. The zero-order valence-corrected chi connectivity index (χ0v) is 23.7. The minimum atomic E-state index is -0.505. The second kappa shape index (κ2) is 7.35. The Hall–Kier alpha value is -1.38. The summed E-state index contributed by atoms with van der Waals surface area (Å²) in [6, 6.07) is 0. The van der Waals surface area contributed by atoms with Crippen molar-refractivity contribution in [2.45, 2.75) is 100 Å². The number of rotatable bonds is 1. The Balaban J connectivity index is 1.67. The molecule has 8 atom stereocenters. The summed E-state index contributed by atoms with van der Waals surface area (Å²) in [6.45, 7) is 19.1. The van der Waals surface area contributed by atoms with Gasteiger partial charge in [-0.2, -0.15) is 0 Å². The van der Waals surface area contributed by atoms with Crippen molar-refractivity contribution in [1.29, 1.82) is 0 Å². The molecular weight excluding hydrogens is 432 g/mol. The van der Waals surface area contributed by atoms with Crippen LogP contribution >= 0.6 is 0 Å². The quantitative estimate of drug-likeness (QED) is 0.287. The van der Waals surface area contributed by atoms with Crippen LogP contribution in [-0.4, -0.2) is 18.9 Å². The van der Waals surface area contributed by atoms with Crippen molar-refractivity contribution in [2.75, 3.05) is 7.11 Å². The van der Waals surface area contributed by atoms with Crippen LogP contribution in [0, 0.1) is 56.2 Å².